The van der Waals surface area contributed by atoms with Crippen molar-refractivity contribution in [1.29, 1.82) is 0 Å². The maximum atomic E-state index is 10.9. The number of methoxy groups -OCH3 is 1. The fourth-order valence-corrected chi connectivity index (χ4v) is 1.09. The van der Waals surface area contributed by atoms with Crippen molar-refractivity contribution in [3.05, 3.63) is 18.2 Å². The molecular weight excluding hydrogens is 170 g/mol. The molecule has 1 atom stereocenters. The predicted molar refractivity (Wildman–Crippen MR) is 46.8 cm³/mol. The van der Waals surface area contributed by atoms with Gasteiger partial charge in [-0.25, -0.2) is 4.98 Å². The Morgan fingerprint density at radius 3 is 3.00 bits per heavy atom. The third-order valence-electron chi connectivity index (χ3n) is 1.85. The number of rotatable bonds is 3. The van der Waals surface area contributed by atoms with Crippen molar-refractivity contribution in [1.82, 2.24) is 9.55 Å². The molecule has 0 spiro atoms. The lowest BCUT2D eigenvalue weighted by molar-refractivity contribution is -0.141. The Labute approximate surface area is 76.5 Å². The number of esters is 1. The van der Waals surface area contributed by atoms with Crippen LogP contribution < -0.4 is 5.73 Å². The molecular formula is C8H13N3O2. The number of nitrogens with zero attached hydrogens (tertiary/aromatic N) is 2. The average Bonchev–Trinajstić information content (AvgIpc) is 2.51. The molecule has 2 N–H and O–H groups in total. The van der Waals surface area contributed by atoms with E-state index in [2.05, 4.69) is 9.72 Å². The first-order chi connectivity index (χ1) is 6.15. The van der Waals surface area contributed by atoms with Crippen LogP contribution in [0.15, 0.2) is 12.5 Å². The quantitative estimate of drug-likeness (QED) is 0.669. The van der Waals surface area contributed by atoms with Crippen LogP contribution in [0, 0.1) is 0 Å². The topological polar surface area (TPSA) is 70.1 Å². The van der Waals surface area contributed by atoms with Gasteiger partial charge in [-0.3, -0.25) is 4.79 Å². The van der Waals surface area contributed by atoms with Gasteiger partial charge >= 0.3 is 5.97 Å². The van der Waals surface area contributed by atoms with Crippen LogP contribution in [0.1, 0.15) is 18.2 Å². The summed E-state index contributed by atoms with van der Waals surface area (Å²) in [5.41, 5.74) is 6.58. The van der Waals surface area contributed by atoms with Crippen molar-refractivity contribution >= 4 is 5.97 Å². The molecule has 1 aromatic rings. The molecule has 0 fully saturated rings. The molecule has 0 aliphatic rings. The highest BCUT2D eigenvalue weighted by Crippen LogP contribution is 2.12. The summed E-state index contributed by atoms with van der Waals surface area (Å²) in [4.78, 5) is 14.8. The molecule has 0 bridgehead atoms. The van der Waals surface area contributed by atoms with E-state index < -0.39 is 0 Å². The van der Waals surface area contributed by atoms with E-state index in [-0.39, 0.29) is 18.4 Å². The zero-order chi connectivity index (χ0) is 9.84. The molecule has 13 heavy (non-hydrogen) atoms. The maximum absolute atomic E-state index is 10.9. The van der Waals surface area contributed by atoms with Crippen LogP contribution in [0.25, 0.3) is 0 Å². The van der Waals surface area contributed by atoms with Crippen LogP contribution in [0.5, 0.6) is 0 Å². The molecule has 0 radical (unpaired) electrons. The summed E-state index contributed by atoms with van der Waals surface area (Å²) in [6, 6.07) is -0.347. The van der Waals surface area contributed by atoms with E-state index in [1.807, 2.05) is 7.05 Å². The van der Waals surface area contributed by atoms with Gasteiger partial charge in [0.2, 0.25) is 0 Å². The highest BCUT2D eigenvalue weighted by molar-refractivity contribution is 5.70. The van der Waals surface area contributed by atoms with Crippen LogP contribution in [-0.2, 0) is 16.6 Å². The van der Waals surface area contributed by atoms with Crippen LogP contribution in [-0.4, -0.2) is 22.6 Å². The van der Waals surface area contributed by atoms with Gasteiger partial charge in [0.05, 0.1) is 31.6 Å². The number of aryl methyl sites for hydroxylation is 1. The molecule has 0 amide bonds. The third-order valence-corrected chi connectivity index (χ3v) is 1.85. The zero-order valence-electron chi connectivity index (χ0n) is 7.73. The number of imidazole rings is 1. The summed E-state index contributed by atoms with van der Waals surface area (Å²) >= 11 is 0. The Morgan fingerprint density at radius 1 is 1.85 bits per heavy atom. The molecule has 1 aromatic heterocycles. The fourth-order valence-electron chi connectivity index (χ4n) is 1.09. The van der Waals surface area contributed by atoms with E-state index in [1.165, 1.54) is 7.11 Å². The van der Waals surface area contributed by atoms with Crippen molar-refractivity contribution in [3.8, 4) is 0 Å². The van der Waals surface area contributed by atoms with Crippen molar-refractivity contribution in [2.75, 3.05) is 7.11 Å². The van der Waals surface area contributed by atoms with Crippen LogP contribution >= 0.6 is 0 Å². The Kier molecular flexibility index (Phi) is 3.02. The summed E-state index contributed by atoms with van der Waals surface area (Å²) in [5, 5.41) is 0. The first-order valence-corrected chi connectivity index (χ1v) is 3.93. The van der Waals surface area contributed by atoms with E-state index in [4.69, 9.17) is 5.73 Å². The number of nitrogens with two attached hydrogens (primary N) is 1. The minimum absolute atomic E-state index is 0.177. The minimum atomic E-state index is -0.347. The summed E-state index contributed by atoms with van der Waals surface area (Å²) < 4.78 is 6.30. The molecule has 0 aromatic carbocycles. The van der Waals surface area contributed by atoms with Gasteiger partial charge in [0.1, 0.15) is 0 Å². The highest BCUT2D eigenvalue weighted by Gasteiger charge is 2.14. The average molecular weight is 183 g/mol. The number of carbonyl (C=O) groups is 1. The second-order valence-corrected chi connectivity index (χ2v) is 2.82. The zero-order valence-corrected chi connectivity index (χ0v) is 7.73. The van der Waals surface area contributed by atoms with E-state index in [0.717, 1.165) is 5.69 Å². The number of ether oxygens (including phenoxy) is 1. The molecule has 5 heteroatoms. The lowest BCUT2D eigenvalue weighted by Crippen LogP contribution is -2.18. The van der Waals surface area contributed by atoms with Gasteiger partial charge in [-0.15, -0.1) is 0 Å². The SMILES string of the molecule is COC(=O)CC(N)c1cncn1C. The number of carbonyl (C=O) groups excluding carboxylic acids is 1. The summed E-state index contributed by atoms with van der Waals surface area (Å²) in [6.45, 7) is 0. The second-order valence-electron chi connectivity index (χ2n) is 2.82. The van der Waals surface area contributed by atoms with E-state index >= 15 is 0 Å². The molecule has 1 heterocycles. The Hall–Kier alpha value is -1.36. The van der Waals surface area contributed by atoms with Crippen molar-refractivity contribution in [3.63, 3.8) is 0 Å². The van der Waals surface area contributed by atoms with E-state index in [9.17, 15) is 4.79 Å². The van der Waals surface area contributed by atoms with Crippen LogP contribution in [0.4, 0.5) is 0 Å². The van der Waals surface area contributed by atoms with Gasteiger partial charge in [0.25, 0.3) is 0 Å². The lowest BCUT2D eigenvalue weighted by atomic mass is 10.1. The van der Waals surface area contributed by atoms with Crippen molar-refractivity contribution in [2.45, 2.75) is 12.5 Å². The molecule has 0 saturated carbocycles. The Balaban J connectivity index is 2.63. The predicted octanol–water partition coefficient (Wildman–Crippen LogP) is -0.0170. The summed E-state index contributed by atoms with van der Waals surface area (Å²) in [6.07, 6.45) is 3.47. The van der Waals surface area contributed by atoms with Crippen LogP contribution in [0.3, 0.4) is 0 Å². The highest BCUT2D eigenvalue weighted by atomic mass is 16.5. The summed E-state index contributed by atoms with van der Waals surface area (Å²) in [7, 11) is 3.18. The Morgan fingerprint density at radius 2 is 2.54 bits per heavy atom. The third kappa shape index (κ3) is 2.29. The molecule has 5 nitrogen and oxygen atoms in total. The van der Waals surface area contributed by atoms with Crippen LogP contribution in [0.2, 0.25) is 0 Å². The fraction of sp³-hybridized carbons (Fsp3) is 0.500. The molecule has 0 saturated heterocycles. The standard InChI is InChI=1S/C8H13N3O2/c1-11-5-10-4-7(11)6(9)3-8(12)13-2/h4-6H,3,9H2,1-2H3. The van der Waals surface area contributed by atoms with Gasteiger partial charge in [-0.2, -0.15) is 0 Å². The first-order valence-electron chi connectivity index (χ1n) is 3.93. The minimum Gasteiger partial charge on any atom is -0.469 e. The summed E-state index contributed by atoms with van der Waals surface area (Å²) in [5.74, 6) is -0.311. The van der Waals surface area contributed by atoms with Gasteiger partial charge in [0.15, 0.2) is 0 Å². The monoisotopic (exact) mass is 183 g/mol. The largest absolute Gasteiger partial charge is 0.469 e. The smallest absolute Gasteiger partial charge is 0.307 e. The molecule has 1 unspecified atom stereocenters. The normalized spacial score (nSPS) is 12.5. The number of hydrogen-bond acceptors (Lipinski definition) is 4. The van der Waals surface area contributed by atoms with Gasteiger partial charge in [0, 0.05) is 13.2 Å². The Bertz CT molecular complexity index is 295. The van der Waals surface area contributed by atoms with E-state index in [0.29, 0.717) is 0 Å². The van der Waals surface area contributed by atoms with Gasteiger partial charge in [-0.1, -0.05) is 0 Å². The molecule has 0 aliphatic carbocycles. The molecule has 72 valence electrons. The lowest BCUT2D eigenvalue weighted by Gasteiger charge is -2.09. The maximum Gasteiger partial charge on any atom is 0.307 e. The molecule has 0 aliphatic heterocycles. The molecule has 1 rings (SSSR count). The van der Waals surface area contributed by atoms with Gasteiger partial charge in [-0.05, 0) is 0 Å². The number of hydrogen-bond donors (Lipinski definition) is 1. The number of aromatic nitrogens is 2. The second kappa shape index (κ2) is 4.04. The van der Waals surface area contributed by atoms with Crippen molar-refractivity contribution in [2.24, 2.45) is 12.8 Å². The van der Waals surface area contributed by atoms with Crippen molar-refractivity contribution < 1.29 is 9.53 Å². The van der Waals surface area contributed by atoms with Gasteiger partial charge < -0.3 is 15.0 Å². The first kappa shape index (κ1) is 9.73. The van der Waals surface area contributed by atoms with E-state index in [1.54, 1.807) is 17.1 Å².